The van der Waals surface area contributed by atoms with Gasteiger partial charge in [0, 0.05) is 19.0 Å². The van der Waals surface area contributed by atoms with Crippen LogP contribution in [0.4, 0.5) is 4.79 Å². The van der Waals surface area contributed by atoms with Crippen LogP contribution in [0.25, 0.3) is 0 Å². The predicted octanol–water partition coefficient (Wildman–Crippen LogP) is 0.662. The minimum Gasteiger partial charge on any atom is -0.465 e. The van der Waals surface area contributed by atoms with Gasteiger partial charge in [0.2, 0.25) is 0 Å². The Bertz CT molecular complexity index is 303. The lowest BCUT2D eigenvalue weighted by Gasteiger charge is -2.28. The van der Waals surface area contributed by atoms with Crippen LogP contribution >= 0.6 is 0 Å². The molecular weight excluding hydrogens is 184 g/mol. The first-order valence-electron chi connectivity index (χ1n) is 4.61. The number of piperidine rings is 1. The molecule has 1 amide bonds. The van der Waals surface area contributed by atoms with Crippen LogP contribution in [-0.2, 0) is 0 Å². The first-order chi connectivity index (χ1) is 6.77. The third-order valence-electron chi connectivity index (χ3n) is 2.62. The normalized spacial score (nSPS) is 18.4. The number of H-pyrrole nitrogens is 1. The Kier molecular flexibility index (Phi) is 2.34. The topological polar surface area (TPSA) is 82.1 Å². The number of amides is 1. The van der Waals surface area contributed by atoms with Crippen LogP contribution < -0.4 is 0 Å². The van der Waals surface area contributed by atoms with Crippen molar-refractivity contribution < 1.29 is 9.90 Å². The minimum atomic E-state index is -0.830. The number of carboxylic acid groups (broad SMARTS) is 1. The van der Waals surface area contributed by atoms with Crippen molar-refractivity contribution in [3.05, 3.63) is 11.9 Å². The standard InChI is InChI=1S/C8H12N4O2/c13-8(14)12-3-1-6(2-4-12)7-5-9-11-10-7/h5-6H,1-4H2,(H,13,14)(H,9,10,11). The Hall–Kier alpha value is -1.59. The summed E-state index contributed by atoms with van der Waals surface area (Å²) in [6.07, 6.45) is 2.54. The summed E-state index contributed by atoms with van der Waals surface area (Å²) >= 11 is 0. The molecule has 1 aliphatic heterocycles. The highest BCUT2D eigenvalue weighted by atomic mass is 16.4. The number of carbonyl (C=O) groups is 1. The quantitative estimate of drug-likeness (QED) is 0.691. The fourth-order valence-electron chi connectivity index (χ4n) is 1.77. The molecule has 0 aromatic carbocycles. The van der Waals surface area contributed by atoms with E-state index in [9.17, 15) is 4.79 Å². The molecule has 0 atom stereocenters. The molecule has 6 nitrogen and oxygen atoms in total. The van der Waals surface area contributed by atoms with E-state index in [2.05, 4.69) is 15.4 Å². The predicted molar refractivity (Wildman–Crippen MR) is 48.0 cm³/mol. The zero-order valence-electron chi connectivity index (χ0n) is 7.68. The van der Waals surface area contributed by atoms with E-state index in [1.807, 2.05) is 0 Å². The zero-order valence-corrected chi connectivity index (χ0v) is 7.68. The summed E-state index contributed by atoms with van der Waals surface area (Å²) in [5.74, 6) is 0.351. The second-order valence-corrected chi connectivity index (χ2v) is 3.44. The van der Waals surface area contributed by atoms with E-state index in [1.165, 1.54) is 4.90 Å². The summed E-state index contributed by atoms with van der Waals surface area (Å²) in [5.41, 5.74) is 0.940. The Morgan fingerprint density at radius 2 is 2.29 bits per heavy atom. The number of nitrogens with zero attached hydrogens (tertiary/aromatic N) is 3. The van der Waals surface area contributed by atoms with Gasteiger partial charge in [-0.15, -0.1) is 0 Å². The van der Waals surface area contributed by atoms with Crippen molar-refractivity contribution in [2.75, 3.05) is 13.1 Å². The highest BCUT2D eigenvalue weighted by molar-refractivity contribution is 5.65. The van der Waals surface area contributed by atoms with Gasteiger partial charge >= 0.3 is 6.09 Å². The number of nitrogens with one attached hydrogen (secondary N) is 1. The van der Waals surface area contributed by atoms with Crippen molar-refractivity contribution in [3.8, 4) is 0 Å². The first kappa shape index (κ1) is 8.98. The lowest BCUT2D eigenvalue weighted by molar-refractivity contribution is 0.131. The molecule has 2 heterocycles. The van der Waals surface area contributed by atoms with E-state index < -0.39 is 6.09 Å². The van der Waals surface area contributed by atoms with Gasteiger partial charge in [-0.1, -0.05) is 0 Å². The molecule has 1 aliphatic rings. The lowest BCUT2D eigenvalue weighted by atomic mass is 9.94. The van der Waals surface area contributed by atoms with E-state index in [-0.39, 0.29) is 0 Å². The number of hydrogen-bond acceptors (Lipinski definition) is 3. The van der Waals surface area contributed by atoms with Crippen LogP contribution in [0.5, 0.6) is 0 Å². The Labute approximate surface area is 80.9 Å². The van der Waals surface area contributed by atoms with Gasteiger partial charge in [0.25, 0.3) is 0 Å². The summed E-state index contributed by atoms with van der Waals surface area (Å²) in [6.45, 7) is 1.18. The number of rotatable bonds is 1. The summed E-state index contributed by atoms with van der Waals surface area (Å²) < 4.78 is 0. The van der Waals surface area contributed by atoms with Gasteiger partial charge < -0.3 is 10.0 Å². The fourth-order valence-corrected chi connectivity index (χ4v) is 1.77. The third kappa shape index (κ3) is 1.68. The molecule has 2 rings (SSSR count). The van der Waals surface area contributed by atoms with Gasteiger partial charge in [-0.2, -0.15) is 15.4 Å². The zero-order chi connectivity index (χ0) is 9.97. The third-order valence-corrected chi connectivity index (χ3v) is 2.62. The van der Waals surface area contributed by atoms with Crippen LogP contribution in [0.2, 0.25) is 0 Å². The molecule has 1 aromatic heterocycles. The fraction of sp³-hybridized carbons (Fsp3) is 0.625. The lowest BCUT2D eigenvalue weighted by Crippen LogP contribution is -2.36. The monoisotopic (exact) mass is 196 g/mol. The summed E-state index contributed by atoms with van der Waals surface area (Å²) in [5, 5.41) is 19.1. The smallest absolute Gasteiger partial charge is 0.407 e. The molecule has 0 spiro atoms. The summed E-state index contributed by atoms with van der Waals surface area (Å²) in [4.78, 5) is 12.1. The van der Waals surface area contributed by atoms with Gasteiger partial charge in [-0.05, 0) is 12.8 Å². The van der Waals surface area contributed by atoms with Crippen molar-refractivity contribution in [1.29, 1.82) is 0 Å². The Morgan fingerprint density at radius 3 is 2.79 bits per heavy atom. The van der Waals surface area contributed by atoms with E-state index in [0.717, 1.165) is 18.5 Å². The number of hydrogen-bond donors (Lipinski definition) is 2. The van der Waals surface area contributed by atoms with Crippen LogP contribution in [0.1, 0.15) is 24.5 Å². The number of aromatic nitrogens is 3. The van der Waals surface area contributed by atoms with Gasteiger partial charge in [0.15, 0.2) is 0 Å². The molecule has 76 valence electrons. The molecule has 0 radical (unpaired) electrons. The van der Waals surface area contributed by atoms with Gasteiger partial charge in [-0.25, -0.2) is 4.79 Å². The molecule has 1 fully saturated rings. The first-order valence-corrected chi connectivity index (χ1v) is 4.61. The van der Waals surface area contributed by atoms with Crippen molar-refractivity contribution >= 4 is 6.09 Å². The Balaban J connectivity index is 1.93. The maximum atomic E-state index is 10.6. The number of likely N-dealkylation sites (tertiary alicyclic amines) is 1. The highest BCUT2D eigenvalue weighted by Gasteiger charge is 2.24. The second-order valence-electron chi connectivity index (χ2n) is 3.44. The maximum Gasteiger partial charge on any atom is 0.407 e. The molecule has 0 bridgehead atoms. The van der Waals surface area contributed by atoms with Gasteiger partial charge in [-0.3, -0.25) is 0 Å². The van der Waals surface area contributed by atoms with Crippen LogP contribution in [0, 0.1) is 0 Å². The average Bonchev–Trinajstić information content (AvgIpc) is 2.71. The second kappa shape index (κ2) is 3.65. The van der Waals surface area contributed by atoms with E-state index in [1.54, 1.807) is 6.20 Å². The van der Waals surface area contributed by atoms with Gasteiger partial charge in [0.1, 0.15) is 0 Å². The van der Waals surface area contributed by atoms with E-state index >= 15 is 0 Å². The Morgan fingerprint density at radius 1 is 1.57 bits per heavy atom. The average molecular weight is 196 g/mol. The van der Waals surface area contributed by atoms with Crippen molar-refractivity contribution in [2.24, 2.45) is 0 Å². The SMILES string of the molecule is O=C(O)N1CCC(c2cn[nH]n2)CC1. The molecule has 6 heteroatoms. The molecule has 0 aliphatic carbocycles. The maximum absolute atomic E-state index is 10.6. The molecular formula is C8H12N4O2. The van der Waals surface area contributed by atoms with Crippen LogP contribution in [-0.4, -0.2) is 44.6 Å². The molecule has 14 heavy (non-hydrogen) atoms. The molecule has 0 saturated carbocycles. The molecule has 1 aromatic rings. The van der Waals surface area contributed by atoms with E-state index in [4.69, 9.17) is 5.11 Å². The van der Waals surface area contributed by atoms with E-state index in [0.29, 0.717) is 19.0 Å². The van der Waals surface area contributed by atoms with Gasteiger partial charge in [0.05, 0.1) is 11.9 Å². The van der Waals surface area contributed by atoms with Crippen LogP contribution in [0.15, 0.2) is 6.20 Å². The van der Waals surface area contributed by atoms with Crippen molar-refractivity contribution in [1.82, 2.24) is 20.3 Å². The van der Waals surface area contributed by atoms with Crippen LogP contribution in [0.3, 0.4) is 0 Å². The molecule has 2 N–H and O–H groups in total. The highest BCUT2D eigenvalue weighted by Crippen LogP contribution is 2.25. The van der Waals surface area contributed by atoms with Crippen molar-refractivity contribution in [3.63, 3.8) is 0 Å². The molecule has 0 unspecified atom stereocenters. The van der Waals surface area contributed by atoms with Crippen molar-refractivity contribution in [2.45, 2.75) is 18.8 Å². The minimum absolute atomic E-state index is 0.351. The summed E-state index contributed by atoms with van der Waals surface area (Å²) in [7, 11) is 0. The number of aromatic amines is 1. The largest absolute Gasteiger partial charge is 0.465 e. The molecule has 1 saturated heterocycles. The summed E-state index contributed by atoms with van der Waals surface area (Å²) in [6, 6.07) is 0.